The highest BCUT2D eigenvalue weighted by molar-refractivity contribution is 6.53. The van der Waals surface area contributed by atoms with E-state index in [2.05, 4.69) is 19.2 Å². The fraction of sp³-hybridized carbons (Fsp3) is 0.115. The van der Waals surface area contributed by atoms with Crippen molar-refractivity contribution >= 4 is 52.4 Å². The molecular weight excluding hydrogens is 475 g/mol. The highest BCUT2D eigenvalue weighted by Crippen LogP contribution is 2.34. The van der Waals surface area contributed by atoms with E-state index in [1.54, 1.807) is 54.6 Å². The molecule has 1 aliphatic heterocycles. The second-order valence-electron chi connectivity index (χ2n) is 7.91. The number of rotatable bonds is 6. The monoisotopic (exact) mass is 494 g/mol. The van der Waals surface area contributed by atoms with Crippen LogP contribution in [-0.2, 0) is 9.59 Å². The first kappa shape index (κ1) is 23.5. The number of ether oxygens (including phenoxy) is 1. The van der Waals surface area contributed by atoms with E-state index in [4.69, 9.17) is 27.9 Å². The molecular formula is C26H20Cl2N2O4. The van der Waals surface area contributed by atoms with Crippen molar-refractivity contribution in [3.63, 3.8) is 0 Å². The van der Waals surface area contributed by atoms with Crippen molar-refractivity contribution in [2.75, 3.05) is 10.2 Å². The Morgan fingerprint density at radius 2 is 1.62 bits per heavy atom. The number of nitrogens with one attached hydrogen (secondary N) is 1. The van der Waals surface area contributed by atoms with Crippen molar-refractivity contribution in [2.45, 2.75) is 19.8 Å². The van der Waals surface area contributed by atoms with Gasteiger partial charge in [0, 0.05) is 5.69 Å². The van der Waals surface area contributed by atoms with Crippen molar-refractivity contribution in [2.24, 2.45) is 0 Å². The zero-order valence-electron chi connectivity index (χ0n) is 18.3. The lowest BCUT2D eigenvalue weighted by Gasteiger charge is -2.16. The third-order valence-corrected chi connectivity index (χ3v) is 5.92. The van der Waals surface area contributed by atoms with E-state index in [1.807, 2.05) is 18.2 Å². The molecule has 0 spiro atoms. The third kappa shape index (κ3) is 4.69. The van der Waals surface area contributed by atoms with Crippen LogP contribution in [0.4, 0.5) is 11.4 Å². The molecule has 1 N–H and O–H groups in total. The molecule has 2 amide bonds. The molecule has 0 saturated heterocycles. The van der Waals surface area contributed by atoms with Crippen LogP contribution >= 0.6 is 23.2 Å². The summed E-state index contributed by atoms with van der Waals surface area (Å²) in [4.78, 5) is 39.0. The molecule has 3 aromatic carbocycles. The first-order valence-corrected chi connectivity index (χ1v) is 11.2. The number of carbonyl (C=O) groups is 3. The van der Waals surface area contributed by atoms with Gasteiger partial charge in [0.05, 0.1) is 16.3 Å². The number of nitrogens with zero attached hydrogens (tertiary/aromatic N) is 1. The van der Waals surface area contributed by atoms with Crippen molar-refractivity contribution < 1.29 is 19.1 Å². The highest BCUT2D eigenvalue weighted by atomic mass is 35.5. The predicted octanol–water partition coefficient (Wildman–Crippen LogP) is 6.12. The summed E-state index contributed by atoms with van der Waals surface area (Å²) in [5.41, 5.74) is 2.03. The van der Waals surface area contributed by atoms with Gasteiger partial charge in [0.2, 0.25) is 0 Å². The van der Waals surface area contributed by atoms with Crippen LogP contribution in [0.1, 0.15) is 35.7 Å². The predicted molar refractivity (Wildman–Crippen MR) is 132 cm³/mol. The Morgan fingerprint density at radius 1 is 0.912 bits per heavy atom. The molecule has 3 aromatic rings. The zero-order chi connectivity index (χ0) is 24.4. The Hall–Kier alpha value is -3.61. The summed E-state index contributed by atoms with van der Waals surface area (Å²) in [6.07, 6.45) is 0. The van der Waals surface area contributed by atoms with Crippen LogP contribution in [0.5, 0.6) is 5.75 Å². The third-order valence-electron chi connectivity index (χ3n) is 5.25. The molecule has 1 aliphatic rings. The van der Waals surface area contributed by atoms with Crippen LogP contribution < -0.4 is 15.0 Å². The average Bonchev–Trinajstić information content (AvgIpc) is 3.03. The lowest BCUT2D eigenvalue weighted by Crippen LogP contribution is -2.32. The summed E-state index contributed by atoms with van der Waals surface area (Å²) in [5, 5.41) is 2.86. The van der Waals surface area contributed by atoms with Crippen LogP contribution in [-0.4, -0.2) is 17.8 Å². The second kappa shape index (κ2) is 9.71. The van der Waals surface area contributed by atoms with Gasteiger partial charge in [-0.1, -0.05) is 61.3 Å². The number of halogens is 2. The molecule has 6 nitrogen and oxygen atoms in total. The molecule has 172 valence electrons. The Morgan fingerprint density at radius 3 is 2.29 bits per heavy atom. The molecule has 0 radical (unpaired) electrons. The number of amides is 2. The topological polar surface area (TPSA) is 75.7 Å². The Bertz CT molecular complexity index is 1320. The summed E-state index contributed by atoms with van der Waals surface area (Å²) in [5.74, 6) is -1.04. The number of hydrogen-bond acceptors (Lipinski definition) is 5. The number of esters is 1. The molecule has 0 fully saturated rings. The van der Waals surface area contributed by atoms with Gasteiger partial charge in [-0.3, -0.25) is 9.59 Å². The van der Waals surface area contributed by atoms with Gasteiger partial charge in [-0.05, 0) is 60.0 Å². The van der Waals surface area contributed by atoms with Crippen molar-refractivity contribution in [3.8, 4) is 5.75 Å². The maximum absolute atomic E-state index is 12.9. The minimum absolute atomic E-state index is 0.0765. The van der Waals surface area contributed by atoms with Gasteiger partial charge >= 0.3 is 5.97 Å². The number of imide groups is 1. The maximum Gasteiger partial charge on any atom is 0.343 e. The molecule has 0 aliphatic carbocycles. The molecule has 0 saturated carbocycles. The Balaban J connectivity index is 1.48. The number of anilines is 2. The second-order valence-corrected chi connectivity index (χ2v) is 8.69. The minimum atomic E-state index is -0.675. The first-order chi connectivity index (χ1) is 16.3. The molecule has 0 atom stereocenters. The van der Waals surface area contributed by atoms with Gasteiger partial charge < -0.3 is 10.1 Å². The van der Waals surface area contributed by atoms with E-state index in [-0.39, 0.29) is 21.4 Å². The van der Waals surface area contributed by atoms with E-state index in [1.165, 1.54) is 0 Å². The Labute approximate surface area is 206 Å². The Kier molecular flexibility index (Phi) is 6.72. The van der Waals surface area contributed by atoms with E-state index >= 15 is 0 Å². The summed E-state index contributed by atoms with van der Waals surface area (Å²) >= 11 is 12.3. The minimum Gasteiger partial charge on any atom is -0.423 e. The van der Waals surface area contributed by atoms with Crippen LogP contribution in [0.25, 0.3) is 0 Å². The van der Waals surface area contributed by atoms with E-state index in [0.717, 1.165) is 10.5 Å². The van der Waals surface area contributed by atoms with Gasteiger partial charge in [0.1, 0.15) is 16.5 Å². The van der Waals surface area contributed by atoms with Gasteiger partial charge in [0.15, 0.2) is 0 Å². The molecule has 8 heteroatoms. The number of carbonyl (C=O) groups excluding carboxylic acids is 3. The molecule has 1 heterocycles. The highest BCUT2D eigenvalue weighted by Gasteiger charge is 2.39. The van der Waals surface area contributed by atoms with Crippen LogP contribution in [0, 0.1) is 0 Å². The smallest absolute Gasteiger partial charge is 0.343 e. The fourth-order valence-corrected chi connectivity index (χ4v) is 3.83. The van der Waals surface area contributed by atoms with Gasteiger partial charge in [-0.15, -0.1) is 0 Å². The molecule has 34 heavy (non-hydrogen) atoms. The number of para-hydroxylation sites is 1. The van der Waals surface area contributed by atoms with Gasteiger partial charge in [-0.25, -0.2) is 9.69 Å². The first-order valence-electron chi connectivity index (χ1n) is 10.5. The summed E-state index contributed by atoms with van der Waals surface area (Å²) < 4.78 is 5.48. The molecule has 0 aromatic heterocycles. The maximum atomic E-state index is 12.9. The van der Waals surface area contributed by atoms with Gasteiger partial charge in [-0.2, -0.15) is 0 Å². The van der Waals surface area contributed by atoms with Crippen LogP contribution in [0.3, 0.4) is 0 Å². The van der Waals surface area contributed by atoms with Crippen LogP contribution in [0.2, 0.25) is 5.02 Å². The van der Waals surface area contributed by atoms with E-state index in [9.17, 15) is 14.4 Å². The largest absolute Gasteiger partial charge is 0.423 e. The normalized spacial score (nSPS) is 13.6. The molecule has 4 rings (SSSR count). The van der Waals surface area contributed by atoms with Crippen molar-refractivity contribution in [1.82, 2.24) is 0 Å². The van der Waals surface area contributed by atoms with E-state index in [0.29, 0.717) is 22.9 Å². The molecule has 0 bridgehead atoms. The summed E-state index contributed by atoms with van der Waals surface area (Å²) in [7, 11) is 0. The lowest BCUT2D eigenvalue weighted by atomic mass is 10.0. The lowest BCUT2D eigenvalue weighted by molar-refractivity contribution is -0.120. The summed E-state index contributed by atoms with van der Waals surface area (Å²) in [6, 6.07) is 20.2. The van der Waals surface area contributed by atoms with Crippen LogP contribution in [0.15, 0.2) is 83.5 Å². The van der Waals surface area contributed by atoms with Gasteiger partial charge in [0.25, 0.3) is 11.8 Å². The number of benzene rings is 3. The molecule has 0 unspecified atom stereocenters. The number of hydrogen-bond donors (Lipinski definition) is 1. The fourth-order valence-electron chi connectivity index (χ4n) is 3.40. The van der Waals surface area contributed by atoms with Crippen molar-refractivity contribution in [3.05, 3.63) is 99.7 Å². The SMILES string of the molecule is CC(C)c1cccc(OC(=O)c2ccc(NC3=C(Cl)C(=O)N(c4ccccc4Cl)C3=O)cc2)c1. The van der Waals surface area contributed by atoms with E-state index < -0.39 is 17.8 Å². The zero-order valence-corrected chi connectivity index (χ0v) is 19.9. The standard InChI is InChI=1S/C26H20Cl2N2O4/c1-15(2)17-6-5-7-19(14-17)34-26(33)16-10-12-18(13-11-16)29-23-22(28)24(31)30(25(23)32)21-9-4-3-8-20(21)27/h3-15,29H,1-2H3. The average molecular weight is 495 g/mol. The summed E-state index contributed by atoms with van der Waals surface area (Å²) in [6.45, 7) is 4.12. The van der Waals surface area contributed by atoms with Crippen molar-refractivity contribution in [1.29, 1.82) is 0 Å². The quantitative estimate of drug-likeness (QED) is 0.253.